The molecule has 1 aliphatic rings. The highest BCUT2D eigenvalue weighted by molar-refractivity contribution is 5.97. The standard InChI is InChI=1S/C26H31N5O2/c1-5-33-23-12-7-6-10-20(23)25(32)31-15-9-8-11-22(31)24-21(17-28-26(29-24)30(3)4)19-13-14-27-16-18(19)2/h6-7,10,12-14,16-17,22H,5,8-9,11,15H2,1-4H3/t22-/m1/s1. The lowest BCUT2D eigenvalue weighted by Crippen LogP contribution is -2.39. The van der Waals surface area contributed by atoms with Gasteiger partial charge in [-0.3, -0.25) is 9.78 Å². The van der Waals surface area contributed by atoms with Crippen LogP contribution in [0.3, 0.4) is 0 Å². The molecular formula is C26H31N5O2. The number of ether oxygens (including phenoxy) is 1. The number of amides is 1. The van der Waals surface area contributed by atoms with Crippen LogP contribution < -0.4 is 9.64 Å². The third-order valence-electron chi connectivity index (χ3n) is 6.01. The minimum atomic E-state index is -0.148. The number of para-hydroxylation sites is 1. The van der Waals surface area contributed by atoms with E-state index in [1.54, 1.807) is 6.20 Å². The fourth-order valence-electron chi connectivity index (χ4n) is 4.38. The summed E-state index contributed by atoms with van der Waals surface area (Å²) in [5.41, 5.74) is 4.51. The van der Waals surface area contributed by atoms with Crippen molar-refractivity contribution in [3.05, 3.63) is 65.7 Å². The van der Waals surface area contributed by atoms with E-state index in [2.05, 4.69) is 9.97 Å². The van der Waals surface area contributed by atoms with E-state index in [0.717, 1.165) is 41.6 Å². The van der Waals surface area contributed by atoms with Crippen molar-refractivity contribution >= 4 is 11.9 Å². The van der Waals surface area contributed by atoms with Gasteiger partial charge in [0.1, 0.15) is 5.75 Å². The number of benzene rings is 1. The van der Waals surface area contributed by atoms with E-state index in [1.807, 2.05) is 80.5 Å². The lowest BCUT2D eigenvalue weighted by Gasteiger charge is -2.37. The lowest BCUT2D eigenvalue weighted by atomic mass is 9.92. The zero-order chi connectivity index (χ0) is 23.4. The van der Waals surface area contributed by atoms with E-state index in [0.29, 0.717) is 30.4 Å². The first-order valence-corrected chi connectivity index (χ1v) is 11.5. The molecule has 3 heterocycles. The van der Waals surface area contributed by atoms with E-state index in [-0.39, 0.29) is 11.9 Å². The van der Waals surface area contributed by atoms with Crippen LogP contribution in [0, 0.1) is 6.92 Å². The number of likely N-dealkylation sites (tertiary alicyclic amines) is 1. The number of carbonyl (C=O) groups excluding carboxylic acids is 1. The number of nitrogens with zero attached hydrogens (tertiary/aromatic N) is 5. The molecule has 7 nitrogen and oxygen atoms in total. The second-order valence-corrected chi connectivity index (χ2v) is 8.49. The van der Waals surface area contributed by atoms with Crippen molar-refractivity contribution in [2.45, 2.75) is 39.2 Å². The average Bonchev–Trinajstić information content (AvgIpc) is 2.84. The van der Waals surface area contributed by atoms with Crippen LogP contribution in [0.2, 0.25) is 0 Å². The highest BCUT2D eigenvalue weighted by atomic mass is 16.5. The van der Waals surface area contributed by atoms with Crippen LogP contribution >= 0.6 is 0 Å². The molecule has 0 unspecified atom stereocenters. The van der Waals surface area contributed by atoms with Gasteiger partial charge < -0.3 is 14.5 Å². The molecule has 33 heavy (non-hydrogen) atoms. The van der Waals surface area contributed by atoms with Gasteiger partial charge in [0.2, 0.25) is 5.95 Å². The summed E-state index contributed by atoms with van der Waals surface area (Å²) in [5, 5.41) is 0. The van der Waals surface area contributed by atoms with E-state index >= 15 is 0 Å². The predicted molar refractivity (Wildman–Crippen MR) is 130 cm³/mol. The molecule has 0 bridgehead atoms. The number of anilines is 1. The van der Waals surface area contributed by atoms with E-state index < -0.39 is 0 Å². The van der Waals surface area contributed by atoms with Crippen LogP contribution in [-0.4, -0.2) is 53.0 Å². The van der Waals surface area contributed by atoms with Crippen molar-refractivity contribution in [2.75, 3.05) is 32.1 Å². The zero-order valence-electron chi connectivity index (χ0n) is 19.8. The van der Waals surface area contributed by atoms with Crippen molar-refractivity contribution in [1.82, 2.24) is 19.9 Å². The lowest BCUT2D eigenvalue weighted by molar-refractivity contribution is 0.0602. The number of rotatable bonds is 6. The van der Waals surface area contributed by atoms with Crippen molar-refractivity contribution < 1.29 is 9.53 Å². The maximum absolute atomic E-state index is 13.8. The molecule has 0 radical (unpaired) electrons. The Balaban J connectivity index is 1.82. The maximum Gasteiger partial charge on any atom is 0.258 e. The molecule has 1 fully saturated rings. The van der Waals surface area contributed by atoms with Crippen LogP contribution in [0.5, 0.6) is 5.75 Å². The number of carbonyl (C=O) groups is 1. The quantitative estimate of drug-likeness (QED) is 0.549. The molecule has 0 saturated carbocycles. The molecule has 4 rings (SSSR count). The minimum Gasteiger partial charge on any atom is -0.493 e. The molecule has 1 aromatic carbocycles. The Morgan fingerprint density at radius 1 is 1.15 bits per heavy atom. The molecule has 0 N–H and O–H groups in total. The average molecular weight is 446 g/mol. The van der Waals surface area contributed by atoms with E-state index in [4.69, 9.17) is 9.72 Å². The van der Waals surface area contributed by atoms with Gasteiger partial charge in [0, 0.05) is 44.8 Å². The Morgan fingerprint density at radius 2 is 1.97 bits per heavy atom. The highest BCUT2D eigenvalue weighted by Gasteiger charge is 2.33. The summed E-state index contributed by atoms with van der Waals surface area (Å²) in [6.07, 6.45) is 8.37. The van der Waals surface area contributed by atoms with Gasteiger partial charge in [-0.05, 0) is 62.4 Å². The summed E-state index contributed by atoms with van der Waals surface area (Å²) in [7, 11) is 3.86. The molecule has 2 aromatic heterocycles. The largest absolute Gasteiger partial charge is 0.493 e. The molecule has 7 heteroatoms. The molecule has 172 valence electrons. The highest BCUT2D eigenvalue weighted by Crippen LogP contribution is 2.38. The number of hydrogen-bond donors (Lipinski definition) is 0. The number of aromatic nitrogens is 3. The Hall–Kier alpha value is -3.48. The summed E-state index contributed by atoms with van der Waals surface area (Å²) in [4.78, 5) is 31.4. The van der Waals surface area contributed by atoms with Gasteiger partial charge in [-0.2, -0.15) is 0 Å². The molecule has 0 aliphatic carbocycles. The third-order valence-corrected chi connectivity index (χ3v) is 6.01. The fourth-order valence-corrected chi connectivity index (χ4v) is 4.38. The number of piperidine rings is 1. The summed E-state index contributed by atoms with van der Waals surface area (Å²) < 4.78 is 5.76. The summed E-state index contributed by atoms with van der Waals surface area (Å²) in [5.74, 6) is 1.23. The third kappa shape index (κ3) is 4.67. The van der Waals surface area contributed by atoms with Gasteiger partial charge in [0.05, 0.1) is 23.9 Å². The molecule has 1 aliphatic heterocycles. The van der Waals surface area contributed by atoms with Gasteiger partial charge >= 0.3 is 0 Å². The number of aryl methyl sites for hydroxylation is 1. The Morgan fingerprint density at radius 3 is 2.73 bits per heavy atom. The number of hydrogen-bond acceptors (Lipinski definition) is 6. The second kappa shape index (κ2) is 9.98. The van der Waals surface area contributed by atoms with E-state index in [1.165, 1.54) is 0 Å². The SMILES string of the molecule is CCOc1ccccc1C(=O)N1CCCC[C@@H]1c1nc(N(C)C)ncc1-c1ccncc1C. The van der Waals surface area contributed by atoms with Crippen LogP contribution in [0.1, 0.15) is 53.8 Å². The van der Waals surface area contributed by atoms with Crippen LogP contribution in [0.15, 0.2) is 48.9 Å². The van der Waals surface area contributed by atoms with Crippen molar-refractivity contribution in [1.29, 1.82) is 0 Å². The fraction of sp³-hybridized carbons (Fsp3) is 0.385. The second-order valence-electron chi connectivity index (χ2n) is 8.49. The molecule has 1 saturated heterocycles. The zero-order valence-corrected chi connectivity index (χ0v) is 19.8. The first-order valence-electron chi connectivity index (χ1n) is 11.5. The summed E-state index contributed by atoms with van der Waals surface area (Å²) in [6, 6.07) is 9.33. The molecule has 0 spiro atoms. The van der Waals surface area contributed by atoms with Crippen molar-refractivity contribution in [3.63, 3.8) is 0 Å². The summed E-state index contributed by atoms with van der Waals surface area (Å²) >= 11 is 0. The van der Waals surface area contributed by atoms with Gasteiger partial charge in [-0.25, -0.2) is 9.97 Å². The summed E-state index contributed by atoms with van der Waals surface area (Å²) in [6.45, 7) is 5.16. The van der Waals surface area contributed by atoms with Gasteiger partial charge in [0.25, 0.3) is 5.91 Å². The first kappa shape index (κ1) is 22.7. The maximum atomic E-state index is 13.8. The van der Waals surface area contributed by atoms with Gasteiger partial charge in [-0.15, -0.1) is 0 Å². The Bertz CT molecular complexity index is 1130. The smallest absolute Gasteiger partial charge is 0.258 e. The molecule has 3 aromatic rings. The molecule has 1 atom stereocenters. The number of pyridine rings is 1. The molecule has 1 amide bonds. The Kier molecular flexibility index (Phi) is 6.87. The van der Waals surface area contributed by atoms with E-state index in [9.17, 15) is 4.79 Å². The molecular weight excluding hydrogens is 414 g/mol. The predicted octanol–water partition coefficient (Wildman–Crippen LogP) is 4.68. The Labute approximate surface area is 195 Å². The van der Waals surface area contributed by atoms with Crippen LogP contribution in [-0.2, 0) is 0 Å². The van der Waals surface area contributed by atoms with Gasteiger partial charge in [-0.1, -0.05) is 12.1 Å². The van der Waals surface area contributed by atoms with Crippen molar-refractivity contribution in [3.8, 4) is 16.9 Å². The minimum absolute atomic E-state index is 0.0221. The monoisotopic (exact) mass is 445 g/mol. The van der Waals surface area contributed by atoms with Crippen molar-refractivity contribution in [2.24, 2.45) is 0 Å². The van der Waals surface area contributed by atoms with Gasteiger partial charge in [0.15, 0.2) is 0 Å². The van der Waals surface area contributed by atoms with Crippen LogP contribution in [0.25, 0.3) is 11.1 Å². The normalized spacial score (nSPS) is 15.9. The topological polar surface area (TPSA) is 71.5 Å². The first-order chi connectivity index (χ1) is 16.0. The van der Waals surface area contributed by atoms with Crippen LogP contribution in [0.4, 0.5) is 5.95 Å².